The van der Waals surface area contributed by atoms with Gasteiger partial charge in [-0.05, 0) is 25.3 Å². The van der Waals surface area contributed by atoms with Crippen LogP contribution in [-0.2, 0) is 16.0 Å². The summed E-state index contributed by atoms with van der Waals surface area (Å²) in [7, 11) is 0. The van der Waals surface area contributed by atoms with Gasteiger partial charge in [0, 0.05) is 13.0 Å². The van der Waals surface area contributed by atoms with Crippen molar-refractivity contribution < 1.29 is 9.53 Å². The third-order valence-electron chi connectivity index (χ3n) is 2.61. The van der Waals surface area contributed by atoms with Gasteiger partial charge in [0.05, 0.1) is 0 Å². The van der Waals surface area contributed by atoms with Crippen LogP contribution in [0.1, 0.15) is 32.3 Å². The highest BCUT2D eigenvalue weighted by molar-refractivity contribution is 5.82. The van der Waals surface area contributed by atoms with Crippen LogP contribution in [0.25, 0.3) is 0 Å². The van der Waals surface area contributed by atoms with Crippen molar-refractivity contribution in [2.24, 2.45) is 0 Å². The third-order valence-corrected chi connectivity index (χ3v) is 2.61. The molecule has 0 fully saturated rings. The van der Waals surface area contributed by atoms with E-state index in [0.717, 1.165) is 12.8 Å². The average Bonchev–Trinajstić information content (AvgIpc) is 2.34. The van der Waals surface area contributed by atoms with Gasteiger partial charge in [-0.1, -0.05) is 37.3 Å². The molecule has 0 aliphatic carbocycles. The van der Waals surface area contributed by atoms with Gasteiger partial charge in [-0.3, -0.25) is 4.79 Å². The molecule has 0 bridgehead atoms. The van der Waals surface area contributed by atoms with Crippen molar-refractivity contribution in [1.29, 1.82) is 0 Å². The van der Waals surface area contributed by atoms with Crippen molar-refractivity contribution >= 4 is 5.78 Å². The van der Waals surface area contributed by atoms with E-state index in [4.69, 9.17) is 4.74 Å². The number of rotatable bonds is 7. The van der Waals surface area contributed by atoms with Crippen LogP contribution in [-0.4, -0.2) is 18.5 Å². The van der Waals surface area contributed by atoms with Gasteiger partial charge in [-0.15, -0.1) is 0 Å². The number of Topliss-reactive ketones (excluding diaryl/α,β-unsaturated/α-hetero) is 1. The van der Waals surface area contributed by atoms with Crippen molar-refractivity contribution in [3.05, 3.63) is 35.9 Å². The van der Waals surface area contributed by atoms with Crippen LogP contribution >= 0.6 is 0 Å². The van der Waals surface area contributed by atoms with Gasteiger partial charge >= 0.3 is 0 Å². The quantitative estimate of drug-likeness (QED) is 0.706. The van der Waals surface area contributed by atoms with Crippen LogP contribution in [0.3, 0.4) is 0 Å². The van der Waals surface area contributed by atoms with Crippen molar-refractivity contribution in [2.75, 3.05) is 6.61 Å². The summed E-state index contributed by atoms with van der Waals surface area (Å²) >= 11 is 0. The monoisotopic (exact) mass is 220 g/mol. The van der Waals surface area contributed by atoms with Gasteiger partial charge in [-0.2, -0.15) is 0 Å². The number of ether oxygens (including phenoxy) is 1. The van der Waals surface area contributed by atoms with Crippen LogP contribution in [0.5, 0.6) is 0 Å². The van der Waals surface area contributed by atoms with E-state index in [-0.39, 0.29) is 11.9 Å². The molecule has 2 heteroatoms. The molecule has 1 atom stereocenters. The largest absolute Gasteiger partial charge is 0.371 e. The number of benzene rings is 1. The molecule has 1 aromatic rings. The maximum Gasteiger partial charge on any atom is 0.161 e. The number of hydrogen-bond donors (Lipinski definition) is 0. The average molecular weight is 220 g/mol. The fourth-order valence-corrected chi connectivity index (χ4v) is 1.71. The first-order valence-electron chi connectivity index (χ1n) is 5.96. The Morgan fingerprint density at radius 3 is 2.50 bits per heavy atom. The highest BCUT2D eigenvalue weighted by Crippen LogP contribution is 2.09. The molecule has 1 rings (SSSR count). The molecule has 0 aliphatic heterocycles. The van der Waals surface area contributed by atoms with Crippen LogP contribution in [0.4, 0.5) is 0 Å². The van der Waals surface area contributed by atoms with Gasteiger partial charge in [0.1, 0.15) is 6.10 Å². The number of ketones is 1. The van der Waals surface area contributed by atoms with E-state index in [9.17, 15) is 4.79 Å². The predicted molar refractivity (Wildman–Crippen MR) is 65.5 cm³/mol. The summed E-state index contributed by atoms with van der Waals surface area (Å²) in [6, 6.07) is 10.2. The second kappa shape index (κ2) is 7.18. The summed E-state index contributed by atoms with van der Waals surface area (Å²) in [5.74, 6) is 0.206. The number of hydrogen-bond acceptors (Lipinski definition) is 2. The molecular weight excluding hydrogens is 200 g/mol. The molecule has 0 saturated heterocycles. The van der Waals surface area contributed by atoms with Gasteiger partial charge in [0.25, 0.3) is 0 Å². The maximum absolute atomic E-state index is 11.6. The zero-order chi connectivity index (χ0) is 11.8. The molecule has 1 unspecified atom stereocenters. The van der Waals surface area contributed by atoms with E-state index < -0.39 is 0 Å². The minimum Gasteiger partial charge on any atom is -0.371 e. The number of carbonyl (C=O) groups excluding carboxylic acids is 1. The predicted octanol–water partition coefficient (Wildman–Crippen LogP) is 3.00. The molecule has 88 valence electrons. The zero-order valence-corrected chi connectivity index (χ0v) is 10.1. The fraction of sp³-hybridized carbons (Fsp3) is 0.500. The summed E-state index contributed by atoms with van der Waals surface area (Å²) in [4.78, 5) is 11.6. The first-order valence-corrected chi connectivity index (χ1v) is 5.96. The van der Waals surface area contributed by atoms with E-state index in [1.54, 1.807) is 0 Å². The molecule has 0 aliphatic rings. The van der Waals surface area contributed by atoms with Crippen LogP contribution in [0, 0.1) is 0 Å². The lowest BCUT2D eigenvalue weighted by atomic mass is 10.0. The van der Waals surface area contributed by atoms with Crippen molar-refractivity contribution in [3.8, 4) is 0 Å². The third kappa shape index (κ3) is 4.15. The molecule has 0 aromatic heterocycles. The normalized spacial score (nSPS) is 12.4. The van der Waals surface area contributed by atoms with E-state index >= 15 is 0 Å². The van der Waals surface area contributed by atoms with Crippen LogP contribution in [0.15, 0.2) is 30.3 Å². The molecule has 2 nitrogen and oxygen atoms in total. The summed E-state index contributed by atoms with van der Waals surface area (Å²) < 4.78 is 5.47. The summed E-state index contributed by atoms with van der Waals surface area (Å²) in [6.07, 6.45) is 2.01. The Hall–Kier alpha value is -1.15. The minimum atomic E-state index is -0.227. The first-order chi connectivity index (χ1) is 7.77. The van der Waals surface area contributed by atoms with E-state index in [2.05, 4.69) is 12.1 Å². The topological polar surface area (TPSA) is 26.3 Å². The molecule has 0 spiro atoms. The highest BCUT2D eigenvalue weighted by Gasteiger charge is 2.16. The Morgan fingerprint density at radius 1 is 1.25 bits per heavy atom. The SMILES string of the molecule is CCOC(CCc1ccccc1)C(=O)CC. The summed E-state index contributed by atoms with van der Waals surface area (Å²) in [5.41, 5.74) is 1.26. The highest BCUT2D eigenvalue weighted by atomic mass is 16.5. The van der Waals surface area contributed by atoms with Crippen molar-refractivity contribution in [2.45, 2.75) is 39.2 Å². The molecule has 0 N–H and O–H groups in total. The van der Waals surface area contributed by atoms with E-state index in [1.165, 1.54) is 5.56 Å². The van der Waals surface area contributed by atoms with Gasteiger partial charge < -0.3 is 4.74 Å². The Bertz CT molecular complexity index is 306. The minimum absolute atomic E-state index is 0.206. The van der Waals surface area contributed by atoms with Gasteiger partial charge in [0.15, 0.2) is 5.78 Å². The Kier molecular flexibility index (Phi) is 5.79. The molecule has 0 amide bonds. The Morgan fingerprint density at radius 2 is 1.94 bits per heavy atom. The lowest BCUT2D eigenvalue weighted by Gasteiger charge is -2.14. The Labute approximate surface area is 97.6 Å². The first kappa shape index (κ1) is 12.9. The van der Waals surface area contributed by atoms with Gasteiger partial charge in [-0.25, -0.2) is 0 Å². The van der Waals surface area contributed by atoms with Crippen molar-refractivity contribution in [1.82, 2.24) is 0 Å². The molecule has 0 radical (unpaired) electrons. The second-order valence-electron chi connectivity index (χ2n) is 3.79. The fourth-order valence-electron chi connectivity index (χ4n) is 1.71. The maximum atomic E-state index is 11.6. The second-order valence-corrected chi connectivity index (χ2v) is 3.79. The zero-order valence-electron chi connectivity index (χ0n) is 10.1. The lowest BCUT2D eigenvalue weighted by molar-refractivity contribution is -0.130. The number of aryl methyl sites for hydroxylation is 1. The molecule has 1 aromatic carbocycles. The molecule has 0 saturated carbocycles. The van der Waals surface area contributed by atoms with Gasteiger partial charge in [0.2, 0.25) is 0 Å². The smallest absolute Gasteiger partial charge is 0.161 e. The van der Waals surface area contributed by atoms with E-state index in [1.807, 2.05) is 32.0 Å². The Balaban J connectivity index is 2.47. The lowest BCUT2D eigenvalue weighted by Crippen LogP contribution is -2.24. The van der Waals surface area contributed by atoms with E-state index in [0.29, 0.717) is 13.0 Å². The van der Waals surface area contributed by atoms with Crippen LogP contribution < -0.4 is 0 Å². The standard InChI is InChI=1S/C14H20O2/c1-3-13(15)14(16-4-2)11-10-12-8-6-5-7-9-12/h5-9,14H,3-4,10-11H2,1-2H3. The molecule has 16 heavy (non-hydrogen) atoms. The summed E-state index contributed by atoms with van der Waals surface area (Å²) in [5, 5.41) is 0. The summed E-state index contributed by atoms with van der Waals surface area (Å²) in [6.45, 7) is 4.42. The van der Waals surface area contributed by atoms with Crippen LogP contribution in [0.2, 0.25) is 0 Å². The van der Waals surface area contributed by atoms with Crippen molar-refractivity contribution in [3.63, 3.8) is 0 Å². The molecule has 0 heterocycles. The number of carbonyl (C=O) groups is 1. The molecular formula is C14H20O2.